The minimum absolute atomic E-state index is 0.138. The van der Waals surface area contributed by atoms with Gasteiger partial charge in [0.1, 0.15) is 5.60 Å². The lowest BCUT2D eigenvalue weighted by molar-refractivity contribution is -0.0200. The first-order chi connectivity index (χ1) is 7.20. The number of carbonyl (C=O) groups is 1. The zero-order chi connectivity index (χ0) is 12.5. The molecule has 1 aliphatic rings. The molecule has 1 rings (SSSR count). The Labute approximate surface area is 99.8 Å². The van der Waals surface area contributed by atoms with Crippen molar-refractivity contribution in [2.45, 2.75) is 39.3 Å². The third kappa shape index (κ3) is 3.47. The number of carbonyl (C=O) groups excluding carboxylic acids is 1. The summed E-state index contributed by atoms with van der Waals surface area (Å²) in [5, 5.41) is 0. The molecule has 0 aromatic rings. The molecule has 94 valence electrons. The maximum atomic E-state index is 11.7. The molecule has 5 heteroatoms. The number of hydrogen-bond donors (Lipinski definition) is 0. The summed E-state index contributed by atoms with van der Waals surface area (Å²) < 4.78 is 16.4. The van der Waals surface area contributed by atoms with Crippen molar-refractivity contribution in [3.05, 3.63) is 0 Å². The van der Waals surface area contributed by atoms with Gasteiger partial charge in [-0.25, -0.2) is 4.79 Å². The van der Waals surface area contributed by atoms with E-state index in [4.69, 9.17) is 4.74 Å². The quantitative estimate of drug-likeness (QED) is 0.745. The molecule has 0 aromatic carbocycles. The second kappa shape index (κ2) is 4.73. The lowest BCUT2D eigenvalue weighted by Crippen LogP contribution is -2.59. The first kappa shape index (κ1) is 13.5. The van der Waals surface area contributed by atoms with Crippen molar-refractivity contribution >= 4 is 16.9 Å². The summed E-state index contributed by atoms with van der Waals surface area (Å²) in [6.07, 6.45) is 1.43. The summed E-state index contributed by atoms with van der Waals surface area (Å²) in [5.74, 6) is 1.01. The fourth-order valence-corrected chi connectivity index (χ4v) is 2.73. The lowest BCUT2D eigenvalue weighted by Gasteiger charge is -2.46. The SMILES string of the molecule is CC1C(CS(C)=O)CN1C(=O)OC(C)(C)C. The van der Waals surface area contributed by atoms with E-state index in [9.17, 15) is 9.00 Å². The molecule has 0 aromatic heterocycles. The van der Waals surface area contributed by atoms with E-state index in [2.05, 4.69) is 0 Å². The van der Waals surface area contributed by atoms with Gasteiger partial charge in [0.25, 0.3) is 0 Å². The van der Waals surface area contributed by atoms with Gasteiger partial charge in [-0.3, -0.25) is 4.21 Å². The number of rotatable bonds is 2. The van der Waals surface area contributed by atoms with E-state index in [0.29, 0.717) is 18.2 Å². The number of nitrogens with zero attached hydrogens (tertiary/aromatic N) is 1. The summed E-state index contributed by atoms with van der Waals surface area (Å²) in [6, 6.07) is 0.138. The van der Waals surface area contributed by atoms with Crippen LogP contribution in [0.25, 0.3) is 0 Å². The molecule has 1 heterocycles. The van der Waals surface area contributed by atoms with Gasteiger partial charge in [0.05, 0.1) is 0 Å². The third-order valence-electron chi connectivity index (χ3n) is 2.68. The molecule has 0 bridgehead atoms. The van der Waals surface area contributed by atoms with E-state index in [0.717, 1.165) is 0 Å². The molecule has 0 spiro atoms. The molecule has 1 aliphatic heterocycles. The Morgan fingerprint density at radius 3 is 2.44 bits per heavy atom. The van der Waals surface area contributed by atoms with Crippen molar-refractivity contribution in [1.82, 2.24) is 4.90 Å². The minimum Gasteiger partial charge on any atom is -0.444 e. The van der Waals surface area contributed by atoms with E-state index in [1.54, 1.807) is 11.2 Å². The summed E-state index contributed by atoms with van der Waals surface area (Å²) in [4.78, 5) is 13.4. The highest BCUT2D eigenvalue weighted by Gasteiger charge is 2.40. The highest BCUT2D eigenvalue weighted by Crippen LogP contribution is 2.27. The first-order valence-electron chi connectivity index (χ1n) is 5.50. The van der Waals surface area contributed by atoms with Crippen LogP contribution >= 0.6 is 0 Å². The molecule has 16 heavy (non-hydrogen) atoms. The van der Waals surface area contributed by atoms with Crippen LogP contribution in [0.15, 0.2) is 0 Å². The highest BCUT2D eigenvalue weighted by atomic mass is 32.2. The second-order valence-corrected chi connectivity index (χ2v) is 6.85. The largest absolute Gasteiger partial charge is 0.444 e. The molecule has 4 nitrogen and oxygen atoms in total. The van der Waals surface area contributed by atoms with Crippen molar-refractivity contribution < 1.29 is 13.7 Å². The van der Waals surface area contributed by atoms with Crippen LogP contribution in [0.5, 0.6) is 0 Å². The van der Waals surface area contributed by atoms with Crippen LogP contribution in [-0.4, -0.2) is 45.4 Å². The first-order valence-corrected chi connectivity index (χ1v) is 7.23. The molecular weight excluding hydrogens is 226 g/mol. The van der Waals surface area contributed by atoms with E-state index < -0.39 is 16.4 Å². The van der Waals surface area contributed by atoms with E-state index in [-0.39, 0.29) is 12.1 Å². The predicted octanol–water partition coefficient (Wildman–Crippen LogP) is 1.62. The van der Waals surface area contributed by atoms with Crippen molar-refractivity contribution in [1.29, 1.82) is 0 Å². The number of hydrogen-bond acceptors (Lipinski definition) is 3. The van der Waals surface area contributed by atoms with Gasteiger partial charge < -0.3 is 9.64 Å². The van der Waals surface area contributed by atoms with Crippen molar-refractivity contribution in [3.8, 4) is 0 Å². The standard InChI is InChI=1S/C11H21NO3S/c1-8-9(7-16(5)14)6-12(8)10(13)15-11(2,3)4/h8-9H,6-7H2,1-5H3. The number of amides is 1. The van der Waals surface area contributed by atoms with Crippen LogP contribution in [0, 0.1) is 5.92 Å². The normalized spacial score (nSPS) is 27.2. The predicted molar refractivity (Wildman–Crippen MR) is 64.8 cm³/mol. The summed E-state index contributed by atoms with van der Waals surface area (Å²) in [6.45, 7) is 8.20. The highest BCUT2D eigenvalue weighted by molar-refractivity contribution is 7.84. The Morgan fingerprint density at radius 1 is 1.50 bits per heavy atom. The van der Waals surface area contributed by atoms with Gasteiger partial charge in [-0.1, -0.05) is 0 Å². The Balaban J connectivity index is 2.43. The fourth-order valence-electron chi connectivity index (χ4n) is 1.74. The van der Waals surface area contributed by atoms with Gasteiger partial charge in [-0.15, -0.1) is 0 Å². The van der Waals surface area contributed by atoms with Crippen LogP contribution in [-0.2, 0) is 15.5 Å². The molecule has 3 atom stereocenters. The molecule has 1 fully saturated rings. The Bertz CT molecular complexity index is 298. The van der Waals surface area contributed by atoms with Crippen molar-refractivity contribution in [3.63, 3.8) is 0 Å². The summed E-state index contributed by atoms with van der Waals surface area (Å²) in [5.41, 5.74) is -0.449. The molecule has 1 amide bonds. The molecule has 0 aliphatic carbocycles. The number of ether oxygens (including phenoxy) is 1. The van der Waals surface area contributed by atoms with Crippen molar-refractivity contribution in [2.24, 2.45) is 5.92 Å². The molecule has 3 unspecified atom stereocenters. The average molecular weight is 247 g/mol. The van der Waals surface area contributed by atoms with Gasteiger partial charge >= 0.3 is 6.09 Å². The van der Waals surface area contributed by atoms with Crippen LogP contribution < -0.4 is 0 Å². The Hall–Kier alpha value is -0.580. The monoisotopic (exact) mass is 247 g/mol. The zero-order valence-corrected chi connectivity index (χ0v) is 11.5. The summed E-state index contributed by atoms with van der Waals surface area (Å²) >= 11 is 0. The fraction of sp³-hybridized carbons (Fsp3) is 0.909. The van der Waals surface area contributed by atoms with Gasteiger partial charge in [0.2, 0.25) is 0 Å². The topological polar surface area (TPSA) is 46.6 Å². The second-order valence-electron chi connectivity index (χ2n) is 5.37. The smallest absolute Gasteiger partial charge is 0.410 e. The Kier molecular flexibility index (Phi) is 3.99. The minimum atomic E-state index is -0.791. The van der Waals surface area contributed by atoms with Gasteiger partial charge in [-0.2, -0.15) is 0 Å². The summed E-state index contributed by atoms with van der Waals surface area (Å²) in [7, 11) is -0.791. The van der Waals surface area contributed by atoms with Gasteiger partial charge in [0.15, 0.2) is 0 Å². The van der Waals surface area contributed by atoms with E-state index >= 15 is 0 Å². The molecule has 1 saturated heterocycles. The number of likely N-dealkylation sites (tertiary alicyclic amines) is 1. The lowest BCUT2D eigenvalue weighted by atomic mass is 9.92. The van der Waals surface area contributed by atoms with E-state index in [1.165, 1.54) is 0 Å². The maximum absolute atomic E-state index is 11.7. The van der Waals surface area contributed by atoms with Crippen molar-refractivity contribution in [2.75, 3.05) is 18.6 Å². The van der Waals surface area contributed by atoms with Gasteiger partial charge in [0, 0.05) is 41.3 Å². The molecule has 0 N–H and O–H groups in total. The van der Waals surface area contributed by atoms with E-state index in [1.807, 2.05) is 27.7 Å². The van der Waals surface area contributed by atoms with Crippen LogP contribution in [0.4, 0.5) is 4.79 Å². The van der Waals surface area contributed by atoms with Crippen LogP contribution in [0.1, 0.15) is 27.7 Å². The van der Waals surface area contributed by atoms with Crippen LogP contribution in [0.2, 0.25) is 0 Å². The third-order valence-corrected chi connectivity index (χ3v) is 3.58. The molecule has 0 saturated carbocycles. The molecule has 0 radical (unpaired) electrons. The van der Waals surface area contributed by atoms with Crippen LogP contribution in [0.3, 0.4) is 0 Å². The Morgan fingerprint density at radius 2 is 2.06 bits per heavy atom. The zero-order valence-electron chi connectivity index (χ0n) is 10.6. The molecular formula is C11H21NO3S. The maximum Gasteiger partial charge on any atom is 0.410 e. The average Bonchev–Trinajstić information content (AvgIpc) is 2.07. The van der Waals surface area contributed by atoms with Gasteiger partial charge in [-0.05, 0) is 27.7 Å².